The molecule has 0 bridgehead atoms. The third kappa shape index (κ3) is 2.93. The summed E-state index contributed by atoms with van der Waals surface area (Å²) >= 11 is 0. The van der Waals surface area contributed by atoms with Gasteiger partial charge < -0.3 is 0 Å². The first-order chi connectivity index (χ1) is 9.33. The van der Waals surface area contributed by atoms with Crippen LogP contribution in [0.25, 0.3) is 0 Å². The van der Waals surface area contributed by atoms with Crippen molar-refractivity contribution in [3.63, 3.8) is 0 Å². The van der Waals surface area contributed by atoms with Gasteiger partial charge in [-0.3, -0.25) is 10.4 Å². The Morgan fingerprint density at radius 1 is 1.21 bits per heavy atom. The van der Waals surface area contributed by atoms with Crippen LogP contribution < -0.4 is 5.43 Å². The molecular formula is C14H13FN4. The molecule has 1 aromatic heterocycles. The lowest BCUT2D eigenvalue weighted by Gasteiger charge is -2.06. The summed E-state index contributed by atoms with van der Waals surface area (Å²) in [6.07, 6.45) is 7.07. The third-order valence-corrected chi connectivity index (χ3v) is 2.96. The highest BCUT2D eigenvalue weighted by Crippen LogP contribution is 2.33. The molecule has 1 N–H and O–H groups in total. The fourth-order valence-electron chi connectivity index (χ4n) is 1.84. The van der Waals surface area contributed by atoms with E-state index in [1.54, 1.807) is 30.7 Å². The predicted molar refractivity (Wildman–Crippen MR) is 71.3 cm³/mol. The van der Waals surface area contributed by atoms with Gasteiger partial charge in [0.25, 0.3) is 0 Å². The molecule has 0 aliphatic heterocycles. The van der Waals surface area contributed by atoms with E-state index in [2.05, 4.69) is 20.5 Å². The van der Waals surface area contributed by atoms with Crippen LogP contribution in [0.5, 0.6) is 0 Å². The molecule has 4 nitrogen and oxygen atoms in total. The number of hydrogen-bond donors (Lipinski definition) is 1. The van der Waals surface area contributed by atoms with E-state index < -0.39 is 0 Å². The summed E-state index contributed by atoms with van der Waals surface area (Å²) in [6.45, 7) is 0. The summed E-state index contributed by atoms with van der Waals surface area (Å²) in [5.41, 5.74) is 4.79. The highest BCUT2D eigenvalue weighted by molar-refractivity contribution is 6.03. The van der Waals surface area contributed by atoms with Crippen molar-refractivity contribution in [1.29, 1.82) is 0 Å². The van der Waals surface area contributed by atoms with E-state index in [0.717, 1.165) is 24.1 Å². The number of hydrazone groups is 1. The molecule has 1 aliphatic rings. The monoisotopic (exact) mass is 256 g/mol. The highest BCUT2D eigenvalue weighted by Gasteiger charge is 2.28. The lowest BCUT2D eigenvalue weighted by molar-refractivity contribution is 0.627. The zero-order valence-electron chi connectivity index (χ0n) is 10.3. The molecule has 3 rings (SSSR count). The molecule has 96 valence electrons. The Balaban J connectivity index is 1.83. The second kappa shape index (κ2) is 5.14. The van der Waals surface area contributed by atoms with Gasteiger partial charge in [0, 0.05) is 18.3 Å². The summed E-state index contributed by atoms with van der Waals surface area (Å²) in [6, 6.07) is 6.42. The molecular weight excluding hydrogens is 243 g/mol. The second-order valence-electron chi connectivity index (χ2n) is 4.48. The molecule has 0 saturated heterocycles. The summed E-state index contributed by atoms with van der Waals surface area (Å²) < 4.78 is 12.9. The van der Waals surface area contributed by atoms with Crippen LogP contribution in [0.2, 0.25) is 0 Å². The standard InChI is InChI=1S/C14H13FN4/c15-12-5-3-11(4-6-12)14(10-1-2-10)19-18-13-9-16-7-8-17-13/h3-10H,1-2H2,(H,17,18). The first kappa shape index (κ1) is 11.8. The van der Waals surface area contributed by atoms with Crippen molar-refractivity contribution in [2.24, 2.45) is 11.0 Å². The number of nitrogens with zero attached hydrogens (tertiary/aromatic N) is 3. The maximum atomic E-state index is 12.9. The smallest absolute Gasteiger partial charge is 0.164 e. The van der Waals surface area contributed by atoms with Gasteiger partial charge in [-0.25, -0.2) is 9.37 Å². The number of anilines is 1. The highest BCUT2D eigenvalue weighted by atomic mass is 19.1. The second-order valence-corrected chi connectivity index (χ2v) is 4.48. The Morgan fingerprint density at radius 3 is 2.63 bits per heavy atom. The largest absolute Gasteiger partial charge is 0.260 e. The Morgan fingerprint density at radius 2 is 2.00 bits per heavy atom. The number of rotatable bonds is 4. The van der Waals surface area contributed by atoms with E-state index in [9.17, 15) is 4.39 Å². The van der Waals surface area contributed by atoms with Crippen molar-refractivity contribution in [2.45, 2.75) is 12.8 Å². The summed E-state index contributed by atoms with van der Waals surface area (Å²) in [7, 11) is 0. The van der Waals surface area contributed by atoms with Gasteiger partial charge in [0.1, 0.15) is 5.82 Å². The number of aromatic nitrogens is 2. The average molecular weight is 256 g/mol. The van der Waals surface area contributed by atoms with Crippen molar-refractivity contribution >= 4 is 11.5 Å². The lowest BCUT2D eigenvalue weighted by atomic mass is 10.1. The zero-order valence-corrected chi connectivity index (χ0v) is 10.3. The van der Waals surface area contributed by atoms with Gasteiger partial charge in [-0.2, -0.15) is 5.10 Å². The van der Waals surface area contributed by atoms with Gasteiger partial charge in [0.05, 0.1) is 11.9 Å². The molecule has 19 heavy (non-hydrogen) atoms. The van der Waals surface area contributed by atoms with E-state index in [1.807, 2.05) is 0 Å². The van der Waals surface area contributed by atoms with Crippen LogP contribution in [0, 0.1) is 11.7 Å². The number of halogens is 1. The molecule has 0 spiro atoms. The van der Waals surface area contributed by atoms with E-state index in [-0.39, 0.29) is 5.82 Å². The maximum absolute atomic E-state index is 12.9. The van der Waals surface area contributed by atoms with Crippen LogP contribution in [-0.4, -0.2) is 15.7 Å². The van der Waals surface area contributed by atoms with Gasteiger partial charge in [0.2, 0.25) is 0 Å². The van der Waals surface area contributed by atoms with Gasteiger partial charge in [0.15, 0.2) is 5.82 Å². The predicted octanol–water partition coefficient (Wildman–Crippen LogP) is 2.84. The summed E-state index contributed by atoms with van der Waals surface area (Å²) in [4.78, 5) is 8.06. The summed E-state index contributed by atoms with van der Waals surface area (Å²) in [5.74, 6) is 0.818. The van der Waals surface area contributed by atoms with E-state index in [0.29, 0.717) is 11.7 Å². The van der Waals surface area contributed by atoms with Gasteiger partial charge in [-0.1, -0.05) is 12.1 Å². The molecule has 1 saturated carbocycles. The van der Waals surface area contributed by atoms with Gasteiger partial charge >= 0.3 is 0 Å². The molecule has 0 radical (unpaired) electrons. The molecule has 1 fully saturated rings. The van der Waals surface area contributed by atoms with E-state index in [1.165, 1.54) is 12.1 Å². The fraction of sp³-hybridized carbons (Fsp3) is 0.214. The van der Waals surface area contributed by atoms with Crippen molar-refractivity contribution in [3.8, 4) is 0 Å². The van der Waals surface area contributed by atoms with Crippen LogP contribution in [0.1, 0.15) is 18.4 Å². The van der Waals surface area contributed by atoms with E-state index >= 15 is 0 Å². The van der Waals surface area contributed by atoms with Crippen molar-refractivity contribution in [2.75, 3.05) is 5.43 Å². The van der Waals surface area contributed by atoms with Gasteiger partial charge in [-0.15, -0.1) is 0 Å². The SMILES string of the molecule is Fc1ccc(C(=NNc2cnccn2)C2CC2)cc1. The van der Waals surface area contributed by atoms with Crippen molar-refractivity contribution in [3.05, 3.63) is 54.2 Å². The first-order valence-corrected chi connectivity index (χ1v) is 6.18. The normalized spacial score (nSPS) is 15.3. The Kier molecular flexibility index (Phi) is 3.18. The molecule has 1 aliphatic carbocycles. The Bertz CT molecular complexity index is 576. The minimum absolute atomic E-state index is 0.235. The first-order valence-electron chi connectivity index (χ1n) is 6.18. The molecule has 1 heterocycles. The van der Waals surface area contributed by atoms with Crippen LogP contribution in [0.15, 0.2) is 48.0 Å². The molecule has 5 heteroatoms. The number of benzene rings is 1. The zero-order chi connectivity index (χ0) is 13.1. The third-order valence-electron chi connectivity index (χ3n) is 2.96. The van der Waals surface area contributed by atoms with Crippen LogP contribution in [-0.2, 0) is 0 Å². The number of nitrogens with one attached hydrogen (secondary N) is 1. The van der Waals surface area contributed by atoms with Crippen LogP contribution in [0.4, 0.5) is 10.2 Å². The fourth-order valence-corrected chi connectivity index (χ4v) is 1.84. The Labute approximate surface area is 110 Å². The minimum atomic E-state index is -0.235. The molecule has 0 atom stereocenters. The molecule has 1 aromatic carbocycles. The summed E-state index contributed by atoms with van der Waals surface area (Å²) in [5, 5.41) is 4.40. The number of hydrogen-bond acceptors (Lipinski definition) is 4. The van der Waals surface area contributed by atoms with Crippen molar-refractivity contribution in [1.82, 2.24) is 9.97 Å². The molecule has 0 unspecified atom stereocenters. The molecule has 0 amide bonds. The topological polar surface area (TPSA) is 50.2 Å². The van der Waals surface area contributed by atoms with Crippen LogP contribution >= 0.6 is 0 Å². The molecule has 2 aromatic rings. The van der Waals surface area contributed by atoms with Gasteiger partial charge in [-0.05, 0) is 30.5 Å². The average Bonchev–Trinajstić information content (AvgIpc) is 3.27. The maximum Gasteiger partial charge on any atom is 0.164 e. The minimum Gasteiger partial charge on any atom is -0.260 e. The van der Waals surface area contributed by atoms with Crippen LogP contribution in [0.3, 0.4) is 0 Å². The quantitative estimate of drug-likeness (QED) is 0.676. The Hall–Kier alpha value is -2.30. The van der Waals surface area contributed by atoms with E-state index in [4.69, 9.17) is 0 Å². The lowest BCUT2D eigenvalue weighted by Crippen LogP contribution is -2.07. The van der Waals surface area contributed by atoms with Crippen molar-refractivity contribution < 1.29 is 4.39 Å².